The Bertz CT molecular complexity index is 217. The summed E-state index contributed by atoms with van der Waals surface area (Å²) < 4.78 is 4.78. The molecule has 0 aromatic heterocycles. The lowest BCUT2D eigenvalue weighted by atomic mass is 10.1. The van der Waals surface area contributed by atoms with Crippen LogP contribution in [-0.2, 0) is 14.3 Å². The van der Waals surface area contributed by atoms with Crippen molar-refractivity contribution in [3.63, 3.8) is 0 Å². The van der Waals surface area contributed by atoms with Crippen molar-refractivity contribution >= 4 is 11.9 Å². The van der Waals surface area contributed by atoms with Crippen LogP contribution >= 0.6 is 0 Å². The van der Waals surface area contributed by atoms with Crippen molar-refractivity contribution in [2.75, 3.05) is 13.7 Å². The summed E-state index contributed by atoms with van der Waals surface area (Å²) in [7, 11) is 1.50. The minimum Gasteiger partial charge on any atom is -0.480 e. The van der Waals surface area contributed by atoms with E-state index >= 15 is 0 Å². The second kappa shape index (κ2) is 7.23. The van der Waals surface area contributed by atoms with Crippen LogP contribution < -0.4 is 5.32 Å². The van der Waals surface area contributed by atoms with Crippen LogP contribution in [0.3, 0.4) is 0 Å². The summed E-state index contributed by atoms with van der Waals surface area (Å²) in [5, 5.41) is 11.3. The number of amides is 1. The van der Waals surface area contributed by atoms with Crippen molar-refractivity contribution < 1.29 is 19.4 Å². The zero-order valence-electron chi connectivity index (χ0n) is 9.45. The predicted molar refractivity (Wildman–Crippen MR) is 55.5 cm³/mol. The number of hydrogen-bond acceptors (Lipinski definition) is 3. The molecule has 0 aromatic carbocycles. The fourth-order valence-corrected chi connectivity index (χ4v) is 0.992. The second-order valence-corrected chi connectivity index (χ2v) is 3.49. The van der Waals surface area contributed by atoms with Gasteiger partial charge >= 0.3 is 5.97 Å². The molecular weight excluding hydrogens is 198 g/mol. The van der Waals surface area contributed by atoms with E-state index < -0.39 is 12.0 Å². The number of carboxylic acid groups (broad SMARTS) is 1. The van der Waals surface area contributed by atoms with Crippen molar-refractivity contribution in [3.05, 3.63) is 0 Å². The number of carbonyl (C=O) groups excluding carboxylic acids is 1. The Labute approximate surface area is 89.8 Å². The maximum atomic E-state index is 11.4. The monoisotopic (exact) mass is 217 g/mol. The molecular formula is C10H19NO4. The average Bonchev–Trinajstić information content (AvgIpc) is 2.22. The quantitative estimate of drug-likeness (QED) is 0.656. The van der Waals surface area contributed by atoms with Gasteiger partial charge in [0, 0.05) is 26.1 Å². The highest BCUT2D eigenvalue weighted by atomic mass is 16.5. The number of nitrogens with one attached hydrogen (secondary N) is 1. The first-order valence-corrected chi connectivity index (χ1v) is 5.05. The van der Waals surface area contributed by atoms with Crippen LogP contribution in [0.1, 0.15) is 26.7 Å². The van der Waals surface area contributed by atoms with Crippen LogP contribution in [0.2, 0.25) is 0 Å². The van der Waals surface area contributed by atoms with E-state index in [1.807, 2.05) is 6.92 Å². The number of hydrogen-bond donors (Lipinski definition) is 2. The Morgan fingerprint density at radius 2 is 2.07 bits per heavy atom. The molecule has 1 amide bonds. The van der Waals surface area contributed by atoms with Gasteiger partial charge in [-0.3, -0.25) is 4.79 Å². The lowest BCUT2D eigenvalue weighted by Crippen LogP contribution is -2.43. The highest BCUT2D eigenvalue weighted by Crippen LogP contribution is 2.02. The Balaban J connectivity index is 4.16. The number of carbonyl (C=O) groups is 2. The molecule has 2 atom stereocenters. The fraction of sp³-hybridized carbons (Fsp3) is 0.800. The van der Waals surface area contributed by atoms with E-state index in [0.717, 1.165) is 0 Å². The molecule has 0 saturated heterocycles. The van der Waals surface area contributed by atoms with Gasteiger partial charge in [-0.1, -0.05) is 13.8 Å². The standard InChI is InChI=1S/C10H19NO4/c1-4-7(2)9(12)11-8(10(13)14)5-6-15-3/h7-8H,4-6H2,1-3H3,(H,11,12)(H,13,14). The predicted octanol–water partition coefficient (Wildman–Crippen LogP) is 0.638. The lowest BCUT2D eigenvalue weighted by Gasteiger charge is -2.16. The largest absolute Gasteiger partial charge is 0.480 e. The van der Waals surface area contributed by atoms with Crippen LogP contribution in [0.4, 0.5) is 0 Å². The molecule has 0 aromatic rings. The lowest BCUT2D eigenvalue weighted by molar-refractivity contribution is -0.142. The third-order valence-corrected chi connectivity index (χ3v) is 2.29. The van der Waals surface area contributed by atoms with E-state index in [4.69, 9.17) is 9.84 Å². The van der Waals surface area contributed by atoms with Gasteiger partial charge < -0.3 is 15.2 Å². The molecule has 0 fully saturated rings. The molecule has 0 aliphatic heterocycles. The molecule has 0 spiro atoms. The van der Waals surface area contributed by atoms with Gasteiger partial charge in [-0.05, 0) is 6.42 Å². The minimum atomic E-state index is -1.02. The zero-order valence-corrected chi connectivity index (χ0v) is 9.45. The van der Waals surface area contributed by atoms with Crippen LogP contribution in [0.5, 0.6) is 0 Å². The Kier molecular flexibility index (Phi) is 6.70. The van der Waals surface area contributed by atoms with Crippen molar-refractivity contribution in [2.45, 2.75) is 32.7 Å². The van der Waals surface area contributed by atoms with Crippen LogP contribution in [0.15, 0.2) is 0 Å². The summed E-state index contributed by atoms with van der Waals surface area (Å²) in [4.78, 5) is 22.2. The van der Waals surface area contributed by atoms with E-state index in [1.54, 1.807) is 6.92 Å². The van der Waals surface area contributed by atoms with E-state index in [1.165, 1.54) is 7.11 Å². The normalized spacial score (nSPS) is 14.3. The Morgan fingerprint density at radius 1 is 1.47 bits per heavy atom. The van der Waals surface area contributed by atoms with E-state index in [0.29, 0.717) is 13.0 Å². The van der Waals surface area contributed by atoms with Gasteiger partial charge in [-0.25, -0.2) is 4.79 Å². The summed E-state index contributed by atoms with van der Waals surface area (Å²) >= 11 is 0. The van der Waals surface area contributed by atoms with E-state index in [2.05, 4.69) is 5.32 Å². The maximum Gasteiger partial charge on any atom is 0.326 e. The molecule has 0 bridgehead atoms. The van der Waals surface area contributed by atoms with E-state index in [9.17, 15) is 9.59 Å². The van der Waals surface area contributed by atoms with Gasteiger partial charge in [0.15, 0.2) is 0 Å². The SMILES string of the molecule is CCC(C)C(=O)NC(CCOC)C(=O)O. The highest BCUT2D eigenvalue weighted by molar-refractivity contribution is 5.84. The first kappa shape index (κ1) is 13.9. The molecule has 0 saturated carbocycles. The molecule has 0 heterocycles. The average molecular weight is 217 g/mol. The number of rotatable bonds is 7. The second-order valence-electron chi connectivity index (χ2n) is 3.49. The molecule has 2 unspecified atom stereocenters. The van der Waals surface area contributed by atoms with Gasteiger partial charge in [0.05, 0.1) is 0 Å². The van der Waals surface area contributed by atoms with Crippen molar-refractivity contribution in [1.29, 1.82) is 0 Å². The van der Waals surface area contributed by atoms with Gasteiger partial charge in [0.1, 0.15) is 6.04 Å². The van der Waals surface area contributed by atoms with Crippen molar-refractivity contribution in [1.82, 2.24) is 5.32 Å². The van der Waals surface area contributed by atoms with Crippen LogP contribution in [0.25, 0.3) is 0 Å². The maximum absolute atomic E-state index is 11.4. The topological polar surface area (TPSA) is 75.6 Å². The van der Waals surface area contributed by atoms with Crippen LogP contribution in [0, 0.1) is 5.92 Å². The molecule has 5 heteroatoms. The third kappa shape index (κ3) is 5.37. The van der Waals surface area contributed by atoms with Crippen molar-refractivity contribution in [3.8, 4) is 0 Å². The molecule has 2 N–H and O–H groups in total. The van der Waals surface area contributed by atoms with Gasteiger partial charge in [0.2, 0.25) is 5.91 Å². The summed E-state index contributed by atoms with van der Waals surface area (Å²) in [6.45, 7) is 3.97. The minimum absolute atomic E-state index is 0.158. The van der Waals surface area contributed by atoms with Gasteiger partial charge in [0.25, 0.3) is 0 Å². The molecule has 15 heavy (non-hydrogen) atoms. The summed E-state index contributed by atoms with van der Waals surface area (Å²) in [6, 6.07) is -0.855. The molecule has 88 valence electrons. The smallest absolute Gasteiger partial charge is 0.326 e. The number of aliphatic carboxylic acids is 1. The molecule has 0 radical (unpaired) electrons. The molecule has 5 nitrogen and oxygen atoms in total. The summed E-state index contributed by atoms with van der Waals surface area (Å²) in [5.74, 6) is -1.40. The molecule has 0 rings (SSSR count). The van der Waals surface area contributed by atoms with Crippen molar-refractivity contribution in [2.24, 2.45) is 5.92 Å². The first-order valence-electron chi connectivity index (χ1n) is 5.05. The highest BCUT2D eigenvalue weighted by Gasteiger charge is 2.21. The zero-order chi connectivity index (χ0) is 11.8. The van der Waals surface area contributed by atoms with Crippen LogP contribution in [-0.4, -0.2) is 36.7 Å². The molecule has 0 aliphatic carbocycles. The fourth-order valence-electron chi connectivity index (χ4n) is 0.992. The first-order chi connectivity index (χ1) is 7.02. The van der Waals surface area contributed by atoms with Gasteiger partial charge in [-0.2, -0.15) is 0 Å². The number of ether oxygens (including phenoxy) is 1. The Hall–Kier alpha value is -1.10. The number of methoxy groups -OCH3 is 1. The summed E-state index contributed by atoms with van der Waals surface area (Å²) in [5.41, 5.74) is 0. The molecule has 0 aliphatic rings. The van der Waals surface area contributed by atoms with E-state index in [-0.39, 0.29) is 18.2 Å². The van der Waals surface area contributed by atoms with Gasteiger partial charge in [-0.15, -0.1) is 0 Å². The Morgan fingerprint density at radius 3 is 2.47 bits per heavy atom. The number of carboxylic acids is 1. The third-order valence-electron chi connectivity index (χ3n) is 2.29. The summed E-state index contributed by atoms with van der Waals surface area (Å²) in [6.07, 6.45) is 0.983.